The van der Waals surface area contributed by atoms with Gasteiger partial charge in [0.1, 0.15) is 5.82 Å². The fourth-order valence-electron chi connectivity index (χ4n) is 5.24. The fraction of sp³-hybridized carbons (Fsp3) is 0.708. The number of hydrogen-bond donors (Lipinski definition) is 2. The highest BCUT2D eigenvalue weighted by molar-refractivity contribution is 6.39. The maximum Gasteiger partial charge on any atom is 0.313 e. The lowest BCUT2D eigenvalue weighted by molar-refractivity contribution is -0.148. The molecule has 1 saturated carbocycles. The molecule has 6 nitrogen and oxygen atoms in total. The maximum absolute atomic E-state index is 13.1. The second-order valence-electron chi connectivity index (χ2n) is 10.6. The van der Waals surface area contributed by atoms with Crippen molar-refractivity contribution in [2.45, 2.75) is 79.2 Å². The van der Waals surface area contributed by atoms with Crippen LogP contribution in [0.5, 0.6) is 0 Å². The number of likely N-dealkylation sites (tertiary alicyclic amines) is 1. The molecule has 0 aromatic carbocycles. The van der Waals surface area contributed by atoms with Crippen molar-refractivity contribution in [1.29, 1.82) is 0 Å². The molecular weight excluding hydrogens is 376 g/mol. The zero-order chi connectivity index (χ0) is 22.1. The first-order valence-electron chi connectivity index (χ1n) is 11.4. The first-order valence-corrected chi connectivity index (χ1v) is 11.4. The summed E-state index contributed by atoms with van der Waals surface area (Å²) in [6, 6.07) is 1.92. The fourth-order valence-corrected chi connectivity index (χ4v) is 5.24. The van der Waals surface area contributed by atoms with Crippen molar-refractivity contribution in [3.05, 3.63) is 17.8 Å². The standard InChI is InChI=1S/C24H38N4O2.H2/c1-15-6-11-20(17-7-9-18(10-8-17)24(3,4)5)28(14-15)23(30)22(29)27-19-12-16(2)21(25)26-13-19;/h12-13,15,17-18,20H,6-11,14H2,1-5H3,(H2,25,26)(H,27,29);1H/t15-,17?,18?,20+;/m0./s1. The number of amides is 2. The zero-order valence-corrected chi connectivity index (χ0v) is 19.2. The molecule has 1 aromatic rings. The molecule has 1 saturated heterocycles. The van der Waals surface area contributed by atoms with Crippen LogP contribution in [0.2, 0.25) is 0 Å². The summed E-state index contributed by atoms with van der Waals surface area (Å²) in [5, 5.41) is 2.72. The van der Waals surface area contributed by atoms with Crippen molar-refractivity contribution in [2.75, 3.05) is 17.6 Å². The number of aryl methyl sites for hydroxylation is 1. The summed E-state index contributed by atoms with van der Waals surface area (Å²) in [6.45, 7) is 11.6. The van der Waals surface area contributed by atoms with Gasteiger partial charge in [-0.1, -0.05) is 27.7 Å². The lowest BCUT2D eigenvalue weighted by Crippen LogP contribution is -2.53. The summed E-state index contributed by atoms with van der Waals surface area (Å²) in [5.74, 6) is 1.08. The molecule has 1 aliphatic heterocycles. The van der Waals surface area contributed by atoms with Gasteiger partial charge in [-0.15, -0.1) is 0 Å². The number of nitrogens with one attached hydrogen (secondary N) is 1. The number of piperidine rings is 1. The van der Waals surface area contributed by atoms with Gasteiger partial charge < -0.3 is 16.0 Å². The van der Waals surface area contributed by atoms with E-state index >= 15 is 0 Å². The molecule has 2 fully saturated rings. The van der Waals surface area contributed by atoms with Crippen LogP contribution in [0.3, 0.4) is 0 Å². The Balaban J connectivity index is 0.00000341. The third kappa shape index (κ3) is 5.13. The quantitative estimate of drug-likeness (QED) is 0.688. The van der Waals surface area contributed by atoms with E-state index in [4.69, 9.17) is 5.73 Å². The summed E-state index contributed by atoms with van der Waals surface area (Å²) >= 11 is 0. The van der Waals surface area contributed by atoms with Gasteiger partial charge in [0.15, 0.2) is 0 Å². The van der Waals surface area contributed by atoms with E-state index in [0.29, 0.717) is 35.3 Å². The van der Waals surface area contributed by atoms with Crippen molar-refractivity contribution >= 4 is 23.3 Å². The predicted octanol–water partition coefficient (Wildman–Crippen LogP) is 4.64. The van der Waals surface area contributed by atoms with Gasteiger partial charge in [-0.25, -0.2) is 4.98 Å². The normalized spacial score (nSPS) is 27.6. The van der Waals surface area contributed by atoms with E-state index in [1.807, 2.05) is 11.8 Å². The largest absolute Gasteiger partial charge is 0.383 e. The number of nitrogen functional groups attached to an aromatic ring is 1. The van der Waals surface area contributed by atoms with Gasteiger partial charge in [-0.05, 0) is 80.2 Å². The van der Waals surface area contributed by atoms with Crippen LogP contribution in [0.1, 0.15) is 73.2 Å². The average molecular weight is 417 g/mol. The van der Waals surface area contributed by atoms with Gasteiger partial charge in [0.25, 0.3) is 0 Å². The molecule has 0 spiro atoms. The third-order valence-corrected chi connectivity index (χ3v) is 7.24. The maximum atomic E-state index is 13.1. The van der Waals surface area contributed by atoms with Crippen molar-refractivity contribution in [2.24, 2.45) is 23.2 Å². The summed E-state index contributed by atoms with van der Waals surface area (Å²) in [7, 11) is 0. The molecule has 0 unspecified atom stereocenters. The lowest BCUT2D eigenvalue weighted by Gasteiger charge is -2.46. The SMILES string of the molecule is Cc1cc(NC(=O)C(=O)N2C[C@@H](C)CC[C@@H]2C2CCC(C(C)(C)C)CC2)cnc1N.[HH]. The Hall–Kier alpha value is -2.11. The van der Waals surface area contributed by atoms with E-state index in [9.17, 15) is 9.59 Å². The van der Waals surface area contributed by atoms with E-state index in [-0.39, 0.29) is 7.47 Å². The number of pyridine rings is 1. The Kier molecular flexibility index (Phi) is 6.73. The first kappa shape index (κ1) is 22.6. The molecule has 3 rings (SSSR count). The van der Waals surface area contributed by atoms with E-state index in [2.05, 4.69) is 38.0 Å². The number of carbonyl (C=O) groups excluding carboxylic acids is 2. The topological polar surface area (TPSA) is 88.3 Å². The zero-order valence-electron chi connectivity index (χ0n) is 19.2. The number of nitrogens with two attached hydrogens (primary N) is 1. The molecule has 30 heavy (non-hydrogen) atoms. The van der Waals surface area contributed by atoms with E-state index < -0.39 is 11.8 Å². The Morgan fingerprint density at radius 3 is 2.43 bits per heavy atom. The molecule has 168 valence electrons. The number of aromatic nitrogens is 1. The molecule has 2 atom stereocenters. The highest BCUT2D eigenvalue weighted by atomic mass is 16.2. The molecule has 6 heteroatoms. The second kappa shape index (κ2) is 8.94. The Bertz CT molecular complexity index is 784. The van der Waals surface area contributed by atoms with Crippen LogP contribution in [0, 0.1) is 30.1 Å². The molecule has 0 bridgehead atoms. The van der Waals surface area contributed by atoms with Gasteiger partial charge in [-0.2, -0.15) is 0 Å². The van der Waals surface area contributed by atoms with Gasteiger partial charge in [-0.3, -0.25) is 9.59 Å². The predicted molar refractivity (Wildman–Crippen MR) is 123 cm³/mol. The average Bonchev–Trinajstić information content (AvgIpc) is 2.69. The monoisotopic (exact) mass is 416 g/mol. The number of anilines is 2. The summed E-state index contributed by atoms with van der Waals surface area (Å²) in [5.41, 5.74) is 7.37. The molecule has 2 amide bonds. The highest BCUT2D eigenvalue weighted by Crippen LogP contribution is 2.43. The summed E-state index contributed by atoms with van der Waals surface area (Å²) in [4.78, 5) is 31.8. The van der Waals surface area contributed by atoms with Crippen LogP contribution in [-0.4, -0.2) is 34.3 Å². The second-order valence-corrected chi connectivity index (χ2v) is 10.6. The van der Waals surface area contributed by atoms with E-state index in [1.54, 1.807) is 6.07 Å². The molecule has 1 aromatic heterocycles. The van der Waals surface area contributed by atoms with E-state index in [0.717, 1.165) is 37.2 Å². The van der Waals surface area contributed by atoms with Gasteiger partial charge in [0.2, 0.25) is 0 Å². The van der Waals surface area contributed by atoms with E-state index in [1.165, 1.54) is 19.0 Å². The third-order valence-electron chi connectivity index (χ3n) is 7.24. The Morgan fingerprint density at radius 2 is 1.83 bits per heavy atom. The first-order chi connectivity index (χ1) is 14.1. The van der Waals surface area contributed by atoms with Gasteiger partial charge in [0.05, 0.1) is 11.9 Å². The van der Waals surface area contributed by atoms with Crippen LogP contribution in [0.4, 0.5) is 11.5 Å². The summed E-state index contributed by atoms with van der Waals surface area (Å²) in [6.07, 6.45) is 8.33. The number of rotatable bonds is 2. The summed E-state index contributed by atoms with van der Waals surface area (Å²) < 4.78 is 0. The van der Waals surface area contributed by atoms with Crippen LogP contribution >= 0.6 is 0 Å². The smallest absolute Gasteiger partial charge is 0.313 e. The van der Waals surface area contributed by atoms with Crippen LogP contribution in [0.15, 0.2) is 12.3 Å². The molecule has 3 N–H and O–H groups in total. The molecular formula is C24H40N4O2. The minimum atomic E-state index is -0.580. The molecule has 0 radical (unpaired) electrons. The van der Waals surface area contributed by atoms with Crippen molar-refractivity contribution < 1.29 is 11.0 Å². The molecule has 2 aliphatic rings. The van der Waals surface area contributed by atoms with Crippen molar-refractivity contribution in [3.8, 4) is 0 Å². The van der Waals surface area contributed by atoms with Gasteiger partial charge >= 0.3 is 11.8 Å². The highest BCUT2D eigenvalue weighted by Gasteiger charge is 2.40. The lowest BCUT2D eigenvalue weighted by atomic mass is 9.67. The Labute approximate surface area is 182 Å². The minimum Gasteiger partial charge on any atom is -0.383 e. The van der Waals surface area contributed by atoms with Crippen LogP contribution < -0.4 is 11.1 Å². The minimum absolute atomic E-state index is 0. The van der Waals surface area contributed by atoms with Gasteiger partial charge in [0, 0.05) is 14.0 Å². The van der Waals surface area contributed by atoms with Crippen LogP contribution in [0.25, 0.3) is 0 Å². The number of nitrogens with zero attached hydrogens (tertiary/aromatic N) is 2. The number of hydrogen-bond acceptors (Lipinski definition) is 4. The number of carbonyl (C=O) groups is 2. The van der Waals surface area contributed by atoms with Crippen molar-refractivity contribution in [1.82, 2.24) is 9.88 Å². The molecule has 1 aliphatic carbocycles. The molecule has 2 heterocycles. The Morgan fingerprint density at radius 1 is 1.17 bits per heavy atom. The van der Waals surface area contributed by atoms with Crippen LogP contribution in [-0.2, 0) is 9.59 Å². The van der Waals surface area contributed by atoms with Crippen molar-refractivity contribution in [3.63, 3.8) is 0 Å².